The van der Waals surface area contributed by atoms with Gasteiger partial charge in [-0.25, -0.2) is 0 Å². The summed E-state index contributed by atoms with van der Waals surface area (Å²) in [5, 5.41) is 9.18. The molecule has 0 N–H and O–H groups in total. The molecule has 0 unspecified atom stereocenters. The van der Waals surface area contributed by atoms with Gasteiger partial charge in [0.1, 0.15) is 11.6 Å². The van der Waals surface area contributed by atoms with E-state index in [1.165, 1.54) is 4.90 Å². The van der Waals surface area contributed by atoms with Gasteiger partial charge in [0.05, 0.1) is 5.70 Å². The number of fused-ring (bicyclic) bond motifs is 3. The van der Waals surface area contributed by atoms with Crippen LogP contribution in [0, 0.1) is 11.3 Å². The molecule has 0 saturated carbocycles. The summed E-state index contributed by atoms with van der Waals surface area (Å²) in [6.07, 6.45) is 0.671. The van der Waals surface area contributed by atoms with Crippen molar-refractivity contribution in [1.29, 1.82) is 5.26 Å². The number of Topliss-reactive ketones (excluding diaryl/α,β-unsaturated/α-hetero) is 1. The average Bonchev–Trinajstić information content (AvgIpc) is 2.62. The highest BCUT2D eigenvalue weighted by Gasteiger charge is 2.49. The van der Waals surface area contributed by atoms with Crippen LogP contribution in [-0.4, -0.2) is 22.1 Å². The van der Waals surface area contributed by atoms with Crippen LogP contribution in [0.4, 0.5) is 0 Å². The molecule has 94 valence electrons. The van der Waals surface area contributed by atoms with Gasteiger partial charge in [0, 0.05) is 11.1 Å². The van der Waals surface area contributed by atoms with Crippen LogP contribution in [0.5, 0.6) is 0 Å². The fraction of sp³-hybridized carbons (Fsp3) is 0.267. The van der Waals surface area contributed by atoms with Gasteiger partial charge in [-0.2, -0.15) is 5.26 Å². The van der Waals surface area contributed by atoms with Crippen molar-refractivity contribution in [2.75, 3.05) is 0 Å². The highest BCUT2D eigenvalue weighted by Crippen LogP contribution is 2.43. The van der Waals surface area contributed by atoms with Gasteiger partial charge in [-0.3, -0.25) is 14.5 Å². The second-order valence-electron chi connectivity index (χ2n) is 5.45. The first kappa shape index (κ1) is 11.7. The molecule has 0 aliphatic carbocycles. The minimum absolute atomic E-state index is 0.0368. The molecule has 19 heavy (non-hydrogen) atoms. The maximum atomic E-state index is 12.1. The number of rotatable bonds is 0. The fourth-order valence-corrected chi connectivity index (χ4v) is 2.92. The Kier molecular flexibility index (Phi) is 2.18. The molecule has 0 fully saturated rings. The summed E-state index contributed by atoms with van der Waals surface area (Å²) in [7, 11) is 0. The summed E-state index contributed by atoms with van der Waals surface area (Å²) >= 11 is 0. The van der Waals surface area contributed by atoms with Crippen LogP contribution in [0.3, 0.4) is 0 Å². The van der Waals surface area contributed by atoms with Gasteiger partial charge in [0.2, 0.25) is 0 Å². The topological polar surface area (TPSA) is 61.2 Å². The zero-order valence-corrected chi connectivity index (χ0v) is 10.7. The minimum atomic E-state index is -0.692. The molecule has 0 spiro atoms. The number of hydrogen-bond acceptors (Lipinski definition) is 3. The van der Waals surface area contributed by atoms with Gasteiger partial charge in [-0.1, -0.05) is 24.3 Å². The van der Waals surface area contributed by atoms with E-state index in [1.807, 2.05) is 44.2 Å². The van der Waals surface area contributed by atoms with E-state index in [4.69, 9.17) is 0 Å². The lowest BCUT2D eigenvalue weighted by atomic mass is 9.84. The maximum absolute atomic E-state index is 12.1. The normalized spacial score (nSPS) is 20.2. The first-order chi connectivity index (χ1) is 8.97. The number of carbonyl (C=O) groups excluding carboxylic acids is 2. The summed E-state index contributed by atoms with van der Waals surface area (Å²) < 4.78 is 0. The van der Waals surface area contributed by atoms with Crippen LogP contribution >= 0.6 is 0 Å². The predicted octanol–water partition coefficient (Wildman–Crippen LogP) is 1.67. The van der Waals surface area contributed by atoms with Crippen molar-refractivity contribution in [3.8, 4) is 6.07 Å². The standard InChI is InChI=1S/C15H12N2O2/c1-15(2)7-9-5-3-4-6-10(9)12-11(8-16)13(18)14(19)17(12)15/h3-6H,7H2,1-2H3. The Balaban J connectivity index is 2.37. The average molecular weight is 252 g/mol. The van der Waals surface area contributed by atoms with Gasteiger partial charge >= 0.3 is 5.91 Å². The highest BCUT2D eigenvalue weighted by molar-refractivity contribution is 6.50. The Bertz CT molecular complexity index is 692. The van der Waals surface area contributed by atoms with Crippen LogP contribution in [0.25, 0.3) is 5.70 Å². The zero-order valence-electron chi connectivity index (χ0n) is 10.7. The van der Waals surface area contributed by atoms with Gasteiger partial charge in [-0.15, -0.1) is 0 Å². The molecule has 2 aliphatic heterocycles. The number of hydrogen-bond donors (Lipinski definition) is 0. The molecule has 0 radical (unpaired) electrons. The maximum Gasteiger partial charge on any atom is 0.300 e. The Morgan fingerprint density at radius 3 is 2.63 bits per heavy atom. The van der Waals surface area contributed by atoms with Gasteiger partial charge in [0.15, 0.2) is 0 Å². The molecule has 3 rings (SSSR count). The van der Waals surface area contributed by atoms with E-state index in [9.17, 15) is 14.9 Å². The predicted molar refractivity (Wildman–Crippen MR) is 68.6 cm³/mol. The Hall–Kier alpha value is -2.41. The van der Waals surface area contributed by atoms with E-state index in [0.717, 1.165) is 11.1 Å². The van der Waals surface area contributed by atoms with E-state index in [0.29, 0.717) is 12.1 Å². The first-order valence-corrected chi connectivity index (χ1v) is 6.09. The molecule has 4 heteroatoms. The summed E-state index contributed by atoms with van der Waals surface area (Å²) in [4.78, 5) is 25.5. The van der Waals surface area contributed by atoms with E-state index in [1.54, 1.807) is 0 Å². The summed E-state index contributed by atoms with van der Waals surface area (Å²) in [6, 6.07) is 9.50. The number of amides is 1. The number of nitrogens with zero attached hydrogens (tertiary/aromatic N) is 2. The zero-order chi connectivity index (χ0) is 13.8. The second kappa shape index (κ2) is 3.55. The highest BCUT2D eigenvalue weighted by atomic mass is 16.2. The lowest BCUT2D eigenvalue weighted by molar-refractivity contribution is -0.141. The van der Waals surface area contributed by atoms with E-state index < -0.39 is 17.2 Å². The molecule has 0 aromatic heterocycles. The van der Waals surface area contributed by atoms with Crippen molar-refractivity contribution in [1.82, 2.24) is 4.90 Å². The quantitative estimate of drug-likeness (QED) is 0.660. The van der Waals surface area contributed by atoms with Crippen LogP contribution in [-0.2, 0) is 16.0 Å². The molecule has 1 aromatic carbocycles. The molecular weight excluding hydrogens is 240 g/mol. The van der Waals surface area contributed by atoms with Crippen LogP contribution in [0.1, 0.15) is 25.0 Å². The van der Waals surface area contributed by atoms with Crippen molar-refractivity contribution in [2.45, 2.75) is 25.8 Å². The molecule has 0 saturated heterocycles. The van der Waals surface area contributed by atoms with Crippen LogP contribution < -0.4 is 0 Å². The molecule has 1 aromatic rings. The number of benzene rings is 1. The molecular formula is C15H12N2O2. The van der Waals surface area contributed by atoms with Crippen molar-refractivity contribution in [2.24, 2.45) is 0 Å². The monoisotopic (exact) mass is 252 g/mol. The summed E-state index contributed by atoms with van der Waals surface area (Å²) in [5.74, 6) is -1.28. The summed E-state index contributed by atoms with van der Waals surface area (Å²) in [6.45, 7) is 3.82. The van der Waals surface area contributed by atoms with Crippen LogP contribution in [0.2, 0.25) is 0 Å². The van der Waals surface area contributed by atoms with Crippen molar-refractivity contribution < 1.29 is 9.59 Å². The Morgan fingerprint density at radius 1 is 1.26 bits per heavy atom. The lowest BCUT2D eigenvalue weighted by Gasteiger charge is -2.41. The molecule has 1 amide bonds. The lowest BCUT2D eigenvalue weighted by Crippen LogP contribution is -2.49. The van der Waals surface area contributed by atoms with Crippen molar-refractivity contribution >= 4 is 17.4 Å². The van der Waals surface area contributed by atoms with E-state index in [2.05, 4.69) is 0 Å². The van der Waals surface area contributed by atoms with Gasteiger partial charge < -0.3 is 0 Å². The van der Waals surface area contributed by atoms with Crippen molar-refractivity contribution in [3.05, 3.63) is 41.0 Å². The fourth-order valence-electron chi connectivity index (χ4n) is 2.92. The smallest absolute Gasteiger partial charge is 0.297 e. The van der Waals surface area contributed by atoms with Gasteiger partial charge in [0.25, 0.3) is 5.78 Å². The molecule has 0 atom stereocenters. The first-order valence-electron chi connectivity index (χ1n) is 6.09. The molecule has 4 nitrogen and oxygen atoms in total. The SMILES string of the molecule is CC1(C)Cc2ccccc2C2=C(C#N)C(=O)C(=O)N21. The largest absolute Gasteiger partial charge is 0.300 e. The van der Waals surface area contributed by atoms with E-state index >= 15 is 0 Å². The molecule has 2 heterocycles. The molecule has 0 bridgehead atoms. The minimum Gasteiger partial charge on any atom is -0.297 e. The molecule has 2 aliphatic rings. The number of ketones is 1. The third-order valence-corrected chi connectivity index (χ3v) is 3.70. The number of nitriles is 1. The second-order valence-corrected chi connectivity index (χ2v) is 5.45. The Morgan fingerprint density at radius 2 is 1.95 bits per heavy atom. The number of carbonyl (C=O) groups is 2. The summed E-state index contributed by atoms with van der Waals surface area (Å²) in [5.41, 5.74) is 1.83. The van der Waals surface area contributed by atoms with Gasteiger partial charge in [-0.05, 0) is 25.8 Å². The van der Waals surface area contributed by atoms with Crippen molar-refractivity contribution in [3.63, 3.8) is 0 Å². The Labute approximate surface area is 110 Å². The van der Waals surface area contributed by atoms with E-state index in [-0.39, 0.29) is 5.57 Å². The van der Waals surface area contributed by atoms with Crippen LogP contribution in [0.15, 0.2) is 29.8 Å². The third kappa shape index (κ3) is 1.39. The third-order valence-electron chi connectivity index (χ3n) is 3.70.